The van der Waals surface area contributed by atoms with E-state index in [4.69, 9.17) is 14.2 Å². The Morgan fingerprint density at radius 1 is 0.964 bits per heavy atom. The number of carbonyl (C=O) groups is 2. The standard InChI is InChI=1S/C42H47F2N3O9/c1-25(2)39-38(42(50)45-31-12-8-5-9-13-31)37(28-10-6-4-7-11-28)33(20-26(3)27-14-16-29(43)17-15-27)46(39)19-18-32(48)21-30(44)22-36(49)55-34-23-53-41-35(56-47(51)52)24-54-40(34)41/h4-17,25-26,30,32,34-35,40-41,48H,18-24H2,1-3H3,(H,45,50)/t26?,30?,32?,34-,35-,40+,41+/m0/s1. The highest BCUT2D eigenvalue weighted by Gasteiger charge is 2.51. The topological polar surface area (TPSA) is 151 Å². The molecule has 12 nitrogen and oxygen atoms in total. The van der Waals surface area contributed by atoms with Crippen LogP contribution in [0.15, 0.2) is 84.9 Å². The maximum atomic E-state index is 15.3. The maximum absolute atomic E-state index is 15.3. The van der Waals surface area contributed by atoms with E-state index in [0.29, 0.717) is 17.7 Å². The van der Waals surface area contributed by atoms with Crippen molar-refractivity contribution in [2.24, 2.45) is 0 Å². The normalized spacial score (nSPS) is 20.6. The number of hydrogen-bond acceptors (Lipinski definition) is 9. The summed E-state index contributed by atoms with van der Waals surface area (Å²) in [5.74, 6) is -1.72. The summed E-state index contributed by atoms with van der Waals surface area (Å²) in [6.07, 6.45) is -6.66. The number of fused-ring (bicyclic) bond motifs is 1. The Hall–Kier alpha value is -5.18. The van der Waals surface area contributed by atoms with Gasteiger partial charge in [0, 0.05) is 35.6 Å². The number of carbonyl (C=O) groups excluding carboxylic acids is 2. The van der Waals surface area contributed by atoms with Crippen LogP contribution >= 0.6 is 0 Å². The van der Waals surface area contributed by atoms with Gasteiger partial charge in [-0.3, -0.25) is 9.59 Å². The van der Waals surface area contributed by atoms with E-state index in [1.165, 1.54) is 12.1 Å². The van der Waals surface area contributed by atoms with Crippen molar-refractivity contribution in [3.63, 3.8) is 0 Å². The SMILES string of the molecule is CC(C)c1c(C(=O)Nc2ccccc2)c(-c2ccccc2)c(CC(C)c2ccc(F)cc2)n1CCC(O)CC(F)CC(=O)O[C@H]1CO[C@H]2[C@@H]1OC[C@@H]2O[N+](=O)[O-]. The van der Waals surface area contributed by atoms with E-state index in [9.17, 15) is 29.2 Å². The Morgan fingerprint density at radius 3 is 2.23 bits per heavy atom. The lowest BCUT2D eigenvalue weighted by atomic mass is 9.91. The number of aromatic nitrogens is 1. The number of aliphatic hydroxyl groups excluding tert-OH is 1. The van der Waals surface area contributed by atoms with Crippen LogP contribution in [0.2, 0.25) is 0 Å². The number of nitrogens with one attached hydrogen (secondary N) is 1. The average Bonchev–Trinajstić information content (AvgIpc) is 3.84. The van der Waals surface area contributed by atoms with Crippen molar-refractivity contribution in [1.29, 1.82) is 0 Å². The van der Waals surface area contributed by atoms with Gasteiger partial charge in [-0.1, -0.05) is 81.4 Å². The monoisotopic (exact) mass is 775 g/mol. The first-order valence-electron chi connectivity index (χ1n) is 18.9. The number of halogens is 2. The molecule has 0 aliphatic carbocycles. The zero-order valence-corrected chi connectivity index (χ0v) is 31.5. The first kappa shape index (κ1) is 40.5. The minimum absolute atomic E-state index is 0.0777. The number of esters is 1. The van der Waals surface area contributed by atoms with E-state index in [2.05, 4.69) is 14.7 Å². The molecule has 0 spiro atoms. The first-order valence-corrected chi connectivity index (χ1v) is 18.9. The van der Waals surface area contributed by atoms with Crippen LogP contribution in [0.3, 0.4) is 0 Å². The third kappa shape index (κ3) is 9.60. The van der Waals surface area contributed by atoms with E-state index in [0.717, 1.165) is 28.1 Å². The smallest absolute Gasteiger partial charge is 0.309 e. The Kier molecular flexibility index (Phi) is 13.1. The van der Waals surface area contributed by atoms with Gasteiger partial charge in [-0.05, 0) is 60.1 Å². The molecule has 1 amide bonds. The molecule has 0 saturated carbocycles. The van der Waals surface area contributed by atoms with Gasteiger partial charge >= 0.3 is 5.97 Å². The van der Waals surface area contributed by atoms with Crippen LogP contribution in [0.5, 0.6) is 0 Å². The number of ether oxygens (including phenoxy) is 3. The molecule has 3 heterocycles. The summed E-state index contributed by atoms with van der Waals surface area (Å²) in [6, 6.07) is 25.1. The van der Waals surface area contributed by atoms with E-state index in [-0.39, 0.29) is 56.2 Å². The molecule has 2 fully saturated rings. The van der Waals surface area contributed by atoms with Gasteiger partial charge in [0.2, 0.25) is 0 Å². The van der Waals surface area contributed by atoms with Gasteiger partial charge in [0.15, 0.2) is 12.2 Å². The fraction of sp³-hybridized carbons (Fsp3) is 0.429. The van der Waals surface area contributed by atoms with Gasteiger partial charge in [-0.2, -0.15) is 0 Å². The molecule has 7 atom stereocenters. The molecule has 2 N–H and O–H groups in total. The molecule has 0 radical (unpaired) electrons. The maximum Gasteiger partial charge on any atom is 0.309 e. The molecule has 2 aliphatic rings. The van der Waals surface area contributed by atoms with Crippen molar-refractivity contribution in [2.75, 3.05) is 18.5 Å². The highest BCUT2D eigenvalue weighted by atomic mass is 19.1. The second kappa shape index (κ2) is 18.2. The zero-order valence-electron chi connectivity index (χ0n) is 31.5. The number of hydrogen-bond donors (Lipinski definition) is 2. The Balaban J connectivity index is 1.22. The zero-order chi connectivity index (χ0) is 39.9. The van der Waals surface area contributed by atoms with Crippen LogP contribution < -0.4 is 5.32 Å². The van der Waals surface area contributed by atoms with E-state index >= 15 is 4.39 Å². The van der Waals surface area contributed by atoms with Crippen molar-refractivity contribution < 1.29 is 47.6 Å². The molecule has 298 valence electrons. The molecular weight excluding hydrogens is 728 g/mol. The van der Waals surface area contributed by atoms with Gasteiger partial charge in [0.25, 0.3) is 11.0 Å². The highest BCUT2D eigenvalue weighted by molar-refractivity contribution is 6.10. The quantitative estimate of drug-likeness (QED) is 0.0646. The minimum atomic E-state index is -1.73. The third-order valence-corrected chi connectivity index (χ3v) is 10.3. The summed E-state index contributed by atoms with van der Waals surface area (Å²) < 4.78 is 47.8. The van der Waals surface area contributed by atoms with Crippen molar-refractivity contribution >= 4 is 17.6 Å². The Labute approximate surface area is 323 Å². The molecule has 14 heteroatoms. The number of aliphatic hydroxyl groups is 1. The molecule has 56 heavy (non-hydrogen) atoms. The van der Waals surface area contributed by atoms with Crippen LogP contribution in [0.25, 0.3) is 11.1 Å². The van der Waals surface area contributed by atoms with Crippen molar-refractivity contribution in [2.45, 2.75) is 102 Å². The number of anilines is 1. The lowest BCUT2D eigenvalue weighted by Crippen LogP contribution is -2.36. The van der Waals surface area contributed by atoms with Crippen molar-refractivity contribution in [3.8, 4) is 11.1 Å². The van der Waals surface area contributed by atoms with E-state index in [1.807, 2.05) is 81.4 Å². The molecule has 2 aliphatic heterocycles. The molecular formula is C42H47F2N3O9. The summed E-state index contributed by atoms with van der Waals surface area (Å²) >= 11 is 0. The first-order chi connectivity index (χ1) is 26.9. The average molecular weight is 776 g/mol. The number of alkyl halides is 1. The Bertz CT molecular complexity index is 1960. The van der Waals surface area contributed by atoms with Gasteiger partial charge in [0.05, 0.1) is 31.3 Å². The lowest BCUT2D eigenvalue weighted by Gasteiger charge is -2.21. The second-order valence-electron chi connectivity index (χ2n) is 14.7. The highest BCUT2D eigenvalue weighted by Crippen LogP contribution is 2.40. The molecule has 0 bridgehead atoms. The van der Waals surface area contributed by atoms with Gasteiger partial charge in [0.1, 0.15) is 24.2 Å². The molecule has 1 aromatic heterocycles. The second-order valence-corrected chi connectivity index (χ2v) is 14.7. The fourth-order valence-corrected chi connectivity index (χ4v) is 7.72. The number of rotatable bonds is 17. The van der Waals surface area contributed by atoms with Gasteiger partial charge < -0.3 is 34.0 Å². The van der Waals surface area contributed by atoms with Gasteiger partial charge in [-0.15, -0.1) is 10.1 Å². The van der Waals surface area contributed by atoms with Crippen LogP contribution in [0, 0.1) is 15.9 Å². The summed E-state index contributed by atoms with van der Waals surface area (Å²) in [7, 11) is 0. The van der Waals surface area contributed by atoms with Crippen molar-refractivity contribution in [1.82, 2.24) is 4.57 Å². The predicted molar refractivity (Wildman–Crippen MR) is 203 cm³/mol. The largest absolute Gasteiger partial charge is 0.457 e. The summed E-state index contributed by atoms with van der Waals surface area (Å²) in [4.78, 5) is 42.5. The van der Waals surface area contributed by atoms with Crippen LogP contribution in [0.4, 0.5) is 14.5 Å². The number of amides is 1. The third-order valence-electron chi connectivity index (χ3n) is 10.3. The molecule has 4 aromatic rings. The van der Waals surface area contributed by atoms with Crippen LogP contribution in [0.1, 0.15) is 79.2 Å². The molecule has 6 rings (SSSR count). The van der Waals surface area contributed by atoms with E-state index < -0.39 is 54.2 Å². The summed E-state index contributed by atoms with van der Waals surface area (Å²) in [5.41, 5.74) is 5.22. The molecule has 3 unspecified atom stereocenters. The Morgan fingerprint density at radius 2 is 1.59 bits per heavy atom. The van der Waals surface area contributed by atoms with Crippen molar-refractivity contribution in [3.05, 3.63) is 123 Å². The fourth-order valence-electron chi connectivity index (χ4n) is 7.72. The number of para-hydroxylation sites is 1. The van der Waals surface area contributed by atoms with E-state index in [1.54, 1.807) is 12.1 Å². The van der Waals surface area contributed by atoms with Gasteiger partial charge in [-0.25, -0.2) is 8.78 Å². The van der Waals surface area contributed by atoms with Crippen LogP contribution in [-0.4, -0.2) is 76.5 Å². The number of benzene rings is 3. The lowest BCUT2D eigenvalue weighted by molar-refractivity contribution is -0.769. The minimum Gasteiger partial charge on any atom is -0.457 e. The molecule has 2 saturated heterocycles. The molecule has 3 aromatic carbocycles. The predicted octanol–water partition coefficient (Wildman–Crippen LogP) is 7.17. The summed E-state index contributed by atoms with van der Waals surface area (Å²) in [6.45, 7) is 6.08. The van der Waals surface area contributed by atoms with Crippen LogP contribution in [-0.2, 0) is 36.8 Å². The summed E-state index contributed by atoms with van der Waals surface area (Å²) in [5, 5.41) is 24.1. The number of nitrogens with zero attached hydrogens (tertiary/aromatic N) is 2.